The number of rotatable bonds is 5. The lowest BCUT2D eigenvalue weighted by molar-refractivity contribution is 0.275. The summed E-state index contributed by atoms with van der Waals surface area (Å²) in [6.45, 7) is 2.92. The van der Waals surface area contributed by atoms with E-state index in [4.69, 9.17) is 0 Å². The number of nitrogens with zero attached hydrogens (tertiary/aromatic N) is 3. The van der Waals surface area contributed by atoms with E-state index in [1.165, 1.54) is 22.0 Å². The maximum Gasteiger partial charge on any atom is 0.150 e. The van der Waals surface area contributed by atoms with Crippen LogP contribution in [0.2, 0.25) is 0 Å². The number of aromatic nitrogens is 2. The second kappa shape index (κ2) is 9.82. The average Bonchev–Trinajstić information content (AvgIpc) is 3.45. The van der Waals surface area contributed by atoms with Gasteiger partial charge in [0.2, 0.25) is 0 Å². The fraction of sp³-hybridized carbons (Fsp3) is 0.273. The number of H-pyrrole nitrogens is 1. The molecule has 4 nitrogen and oxygen atoms in total. The van der Waals surface area contributed by atoms with Gasteiger partial charge in [-0.3, -0.25) is 0 Å². The smallest absolute Gasteiger partial charge is 0.150 e. The van der Waals surface area contributed by atoms with E-state index in [0.29, 0.717) is 6.42 Å². The average molecular weight is 562 g/mol. The minimum atomic E-state index is -1.05. The summed E-state index contributed by atoms with van der Waals surface area (Å²) in [6, 6.07) is 30.3. The zero-order valence-corrected chi connectivity index (χ0v) is 23.0. The molecule has 1 N–H and O–H groups in total. The van der Waals surface area contributed by atoms with Crippen LogP contribution in [0, 0.1) is 34.0 Å². The van der Waals surface area contributed by atoms with Gasteiger partial charge in [0.25, 0.3) is 0 Å². The summed E-state index contributed by atoms with van der Waals surface area (Å²) in [6.07, 6.45) is 5.31. The number of benzene rings is 3. The molecule has 1 aliphatic carbocycles. The monoisotopic (exact) mass is 560 g/mol. The highest BCUT2D eigenvalue weighted by Gasteiger charge is 2.45. The molecule has 5 aromatic rings. The third-order valence-corrected chi connectivity index (χ3v) is 9.00. The maximum atomic E-state index is 10.4. The van der Waals surface area contributed by atoms with E-state index in [1.54, 1.807) is 0 Å². The van der Waals surface area contributed by atoms with Gasteiger partial charge in [0.15, 0.2) is 5.41 Å². The van der Waals surface area contributed by atoms with E-state index < -0.39 is 5.41 Å². The Balaban J connectivity index is 1.60. The fourth-order valence-electron chi connectivity index (χ4n) is 6.54. The molecule has 0 radical (unpaired) electrons. The first-order chi connectivity index (χ1) is 18.6. The molecule has 2 aromatic heterocycles. The molecular weight excluding hydrogens is 532 g/mol. The summed E-state index contributed by atoms with van der Waals surface area (Å²) in [4.78, 5) is 3.75. The van der Waals surface area contributed by atoms with Crippen molar-refractivity contribution in [2.75, 3.05) is 0 Å². The fourth-order valence-corrected chi connectivity index (χ4v) is 7.14. The normalized spacial score (nSPS) is 18.5. The highest BCUT2D eigenvalue weighted by atomic mass is 79.9. The Morgan fingerprint density at radius 1 is 0.974 bits per heavy atom. The molecule has 1 aliphatic rings. The molecule has 0 aliphatic heterocycles. The van der Waals surface area contributed by atoms with Crippen LogP contribution in [-0.2, 0) is 13.0 Å². The van der Waals surface area contributed by atoms with Crippen LogP contribution in [-0.4, -0.2) is 9.55 Å². The highest BCUT2D eigenvalue weighted by Crippen LogP contribution is 2.50. The minimum Gasteiger partial charge on any atom is -0.358 e. The number of aromatic amines is 1. The van der Waals surface area contributed by atoms with Crippen molar-refractivity contribution in [3.05, 3.63) is 106 Å². The van der Waals surface area contributed by atoms with E-state index in [-0.39, 0.29) is 11.8 Å². The van der Waals surface area contributed by atoms with Crippen LogP contribution >= 0.6 is 15.9 Å². The SMILES string of the molecule is CCC[C@@H]1C[C@H](c2cn(Cc3ccccc3)c3c(Br)cccc23)c2[nH]c3ccccc3c2CC1(C#N)C#N. The van der Waals surface area contributed by atoms with Crippen LogP contribution in [0.25, 0.3) is 21.8 Å². The summed E-state index contributed by atoms with van der Waals surface area (Å²) in [7, 11) is 0. The van der Waals surface area contributed by atoms with Crippen molar-refractivity contribution in [2.45, 2.75) is 45.1 Å². The maximum absolute atomic E-state index is 10.4. The van der Waals surface area contributed by atoms with Crippen LogP contribution in [0.1, 0.15) is 54.5 Å². The molecule has 0 bridgehead atoms. The highest BCUT2D eigenvalue weighted by molar-refractivity contribution is 9.10. The van der Waals surface area contributed by atoms with Gasteiger partial charge in [-0.15, -0.1) is 0 Å². The Morgan fingerprint density at radius 2 is 1.71 bits per heavy atom. The molecular formula is C33H29BrN4. The minimum absolute atomic E-state index is 0.0215. The molecule has 6 rings (SSSR count). The predicted molar refractivity (Wildman–Crippen MR) is 156 cm³/mol. The first-order valence-electron chi connectivity index (χ1n) is 13.3. The summed E-state index contributed by atoms with van der Waals surface area (Å²) in [5.74, 6) is 0.0260. The molecule has 2 heterocycles. The predicted octanol–water partition coefficient (Wildman–Crippen LogP) is 8.46. The van der Waals surface area contributed by atoms with Gasteiger partial charge < -0.3 is 9.55 Å². The Kier molecular flexibility index (Phi) is 6.34. The van der Waals surface area contributed by atoms with Crippen molar-refractivity contribution < 1.29 is 0 Å². The molecule has 0 spiro atoms. The van der Waals surface area contributed by atoms with E-state index in [0.717, 1.165) is 52.4 Å². The number of para-hydroxylation sites is 2. The van der Waals surface area contributed by atoms with Crippen LogP contribution < -0.4 is 0 Å². The van der Waals surface area contributed by atoms with E-state index in [9.17, 15) is 10.5 Å². The number of hydrogen-bond donors (Lipinski definition) is 1. The van der Waals surface area contributed by atoms with E-state index >= 15 is 0 Å². The largest absolute Gasteiger partial charge is 0.358 e. The molecule has 0 unspecified atom stereocenters. The first kappa shape index (κ1) is 24.5. The van der Waals surface area contributed by atoms with Gasteiger partial charge in [0.1, 0.15) is 0 Å². The Morgan fingerprint density at radius 3 is 2.47 bits per heavy atom. The third kappa shape index (κ3) is 3.94. The lowest BCUT2D eigenvalue weighted by Gasteiger charge is -2.28. The molecule has 188 valence electrons. The number of fused-ring (bicyclic) bond motifs is 4. The molecule has 3 aromatic carbocycles. The number of nitrogens with one attached hydrogen (secondary N) is 1. The second-order valence-corrected chi connectivity index (χ2v) is 11.4. The number of hydrogen-bond acceptors (Lipinski definition) is 2. The van der Waals surface area contributed by atoms with E-state index in [1.807, 2.05) is 18.2 Å². The standard InChI is InChI=1S/C33H29BrN4/c1-2-9-23-16-26(31-27(17-33(23,20-35)21-36)24-12-6-7-15-30(24)37-31)28-19-38(18-22-10-4-3-5-11-22)32-25(28)13-8-14-29(32)34/h3-8,10-15,19,23,26,37H,2,9,16-18H2,1H3/t23-,26-/m1/s1. The van der Waals surface area contributed by atoms with Crippen molar-refractivity contribution >= 4 is 37.7 Å². The molecule has 2 atom stereocenters. The molecule has 0 fully saturated rings. The quantitative estimate of drug-likeness (QED) is 0.219. The molecule has 0 amide bonds. The second-order valence-electron chi connectivity index (χ2n) is 10.5. The molecule has 5 heteroatoms. The summed E-state index contributed by atoms with van der Waals surface area (Å²) >= 11 is 3.84. The van der Waals surface area contributed by atoms with Crippen LogP contribution in [0.5, 0.6) is 0 Å². The van der Waals surface area contributed by atoms with Crippen molar-refractivity contribution in [1.82, 2.24) is 9.55 Å². The van der Waals surface area contributed by atoms with Crippen molar-refractivity contribution in [1.29, 1.82) is 10.5 Å². The van der Waals surface area contributed by atoms with Crippen LogP contribution in [0.15, 0.2) is 83.5 Å². The van der Waals surface area contributed by atoms with Gasteiger partial charge in [0.05, 0.1) is 17.7 Å². The van der Waals surface area contributed by atoms with Crippen molar-refractivity contribution in [2.24, 2.45) is 11.3 Å². The zero-order valence-electron chi connectivity index (χ0n) is 21.4. The lowest BCUT2D eigenvalue weighted by atomic mass is 9.70. The Labute approximate surface area is 231 Å². The Bertz CT molecular complexity index is 1700. The van der Waals surface area contributed by atoms with Crippen molar-refractivity contribution in [3.8, 4) is 12.1 Å². The van der Waals surface area contributed by atoms with Crippen molar-refractivity contribution in [3.63, 3.8) is 0 Å². The zero-order chi connectivity index (χ0) is 26.3. The summed E-state index contributed by atoms with van der Waals surface area (Å²) < 4.78 is 3.41. The van der Waals surface area contributed by atoms with Gasteiger partial charge in [-0.1, -0.05) is 74.0 Å². The third-order valence-electron chi connectivity index (χ3n) is 8.36. The van der Waals surface area contributed by atoms with Gasteiger partial charge >= 0.3 is 0 Å². The number of halogens is 1. The molecule has 38 heavy (non-hydrogen) atoms. The topological polar surface area (TPSA) is 68.3 Å². The first-order valence-corrected chi connectivity index (χ1v) is 14.1. The van der Waals surface area contributed by atoms with Gasteiger partial charge in [-0.2, -0.15) is 10.5 Å². The molecule has 0 saturated carbocycles. The van der Waals surface area contributed by atoms with Crippen LogP contribution in [0.4, 0.5) is 0 Å². The van der Waals surface area contributed by atoms with Crippen LogP contribution in [0.3, 0.4) is 0 Å². The van der Waals surface area contributed by atoms with Gasteiger partial charge in [0, 0.05) is 51.5 Å². The lowest BCUT2D eigenvalue weighted by Crippen LogP contribution is -2.29. The summed E-state index contributed by atoms with van der Waals surface area (Å²) in [5, 5.41) is 23.2. The van der Waals surface area contributed by atoms with Gasteiger partial charge in [-0.05, 0) is 63.5 Å². The molecule has 0 saturated heterocycles. The summed E-state index contributed by atoms with van der Waals surface area (Å²) in [5.41, 5.74) is 5.95. The van der Waals surface area contributed by atoms with Gasteiger partial charge in [-0.25, -0.2) is 0 Å². The van der Waals surface area contributed by atoms with E-state index in [2.05, 4.69) is 105 Å². The number of nitriles is 2. The Hall–Kier alpha value is -3.80.